The Kier molecular flexibility index (Phi) is 6.88. The van der Waals surface area contributed by atoms with Crippen LogP contribution in [0.15, 0.2) is 36.2 Å². The largest absolute Gasteiger partial charge is 0.489 e. The molecule has 0 radical (unpaired) electrons. The van der Waals surface area contributed by atoms with Crippen LogP contribution in [0.2, 0.25) is 0 Å². The summed E-state index contributed by atoms with van der Waals surface area (Å²) in [4.78, 5) is 13.2. The van der Waals surface area contributed by atoms with Gasteiger partial charge in [0.1, 0.15) is 12.4 Å². The van der Waals surface area contributed by atoms with E-state index in [-0.39, 0.29) is 47.6 Å². The minimum Gasteiger partial charge on any atom is -0.489 e. The predicted octanol–water partition coefficient (Wildman–Crippen LogP) is 4.93. The van der Waals surface area contributed by atoms with E-state index in [0.29, 0.717) is 11.9 Å². The molecule has 0 heterocycles. The Morgan fingerprint density at radius 3 is 2.24 bits per heavy atom. The molecular formula is C27H39FN2O3. The maximum Gasteiger partial charge on any atom is 0.226 e. The normalized spacial score (nSPS) is 31.7. The molecule has 4 aliphatic carbocycles. The van der Waals surface area contributed by atoms with Crippen molar-refractivity contribution < 1.29 is 18.7 Å². The molecular weight excluding hydrogens is 419 g/mol. The van der Waals surface area contributed by atoms with Crippen molar-refractivity contribution in [1.82, 2.24) is 5.32 Å². The van der Waals surface area contributed by atoms with Crippen LogP contribution in [0.5, 0.6) is 5.75 Å². The van der Waals surface area contributed by atoms with Crippen LogP contribution in [-0.2, 0) is 14.9 Å². The fraction of sp³-hybridized carbons (Fsp3) is 0.667. The van der Waals surface area contributed by atoms with E-state index in [1.165, 1.54) is 5.56 Å². The van der Waals surface area contributed by atoms with Gasteiger partial charge in [0.25, 0.3) is 0 Å². The highest BCUT2D eigenvalue weighted by molar-refractivity contribution is 5.83. The van der Waals surface area contributed by atoms with E-state index in [2.05, 4.69) is 38.2 Å². The summed E-state index contributed by atoms with van der Waals surface area (Å²) in [5.74, 6) is 0.980. The van der Waals surface area contributed by atoms with E-state index in [4.69, 9.17) is 15.2 Å². The molecule has 0 aromatic heterocycles. The molecule has 4 aliphatic rings. The molecule has 3 N–H and O–H groups in total. The van der Waals surface area contributed by atoms with Crippen LogP contribution in [0.3, 0.4) is 0 Å². The number of carbonyl (C=O) groups is 1. The number of fused-ring (bicyclic) bond motifs is 3. The van der Waals surface area contributed by atoms with E-state index >= 15 is 0 Å². The average Bonchev–Trinajstić information content (AvgIpc) is 2.79. The van der Waals surface area contributed by atoms with Gasteiger partial charge in [-0.05, 0) is 95.2 Å². The standard InChI is InChI=1S/C27H39FN2O3/c1-25(2,3)33-23-14-21(15-23)30-24(31)27-11-8-26(9-12-27,10-13-27)20-4-6-22(7-5-20)32-18-19(16-28)17-29/h4-7,16,21,23H,8-15,17-18,29H2,1-3H3,(H,30,31)/b19-16+/t21-,23-,26?,27?. The van der Waals surface area contributed by atoms with Crippen molar-refractivity contribution in [2.75, 3.05) is 13.2 Å². The summed E-state index contributed by atoms with van der Waals surface area (Å²) in [6.45, 7) is 6.56. The fourth-order valence-corrected chi connectivity index (χ4v) is 5.79. The maximum atomic E-state index is 13.2. The minimum absolute atomic E-state index is 0.127. The number of nitrogens with two attached hydrogens (primary N) is 1. The van der Waals surface area contributed by atoms with Gasteiger partial charge >= 0.3 is 0 Å². The van der Waals surface area contributed by atoms with Gasteiger partial charge in [-0.25, -0.2) is 4.39 Å². The van der Waals surface area contributed by atoms with E-state index in [1.807, 2.05) is 12.1 Å². The second-order valence-corrected chi connectivity index (χ2v) is 11.3. The molecule has 5 rings (SSSR count). The van der Waals surface area contributed by atoms with E-state index < -0.39 is 0 Å². The maximum absolute atomic E-state index is 13.2. The molecule has 0 unspecified atom stereocenters. The summed E-state index contributed by atoms with van der Waals surface area (Å²) in [6, 6.07) is 8.46. The van der Waals surface area contributed by atoms with Crippen molar-refractivity contribution in [2.45, 2.75) is 95.3 Å². The average molecular weight is 459 g/mol. The summed E-state index contributed by atoms with van der Waals surface area (Å²) in [5, 5.41) is 3.34. The lowest BCUT2D eigenvalue weighted by Gasteiger charge is -2.53. The van der Waals surface area contributed by atoms with E-state index in [1.54, 1.807) is 0 Å². The highest BCUT2D eigenvalue weighted by Gasteiger charge is 2.53. The van der Waals surface area contributed by atoms with Crippen LogP contribution in [0.1, 0.15) is 77.7 Å². The molecule has 0 spiro atoms. The van der Waals surface area contributed by atoms with Crippen LogP contribution in [0.25, 0.3) is 0 Å². The van der Waals surface area contributed by atoms with E-state index in [0.717, 1.165) is 57.1 Å². The van der Waals surface area contributed by atoms with Crippen LogP contribution in [0.4, 0.5) is 4.39 Å². The van der Waals surface area contributed by atoms with E-state index in [9.17, 15) is 9.18 Å². The number of nitrogens with one attached hydrogen (secondary N) is 1. The lowest BCUT2D eigenvalue weighted by Crippen LogP contribution is -2.56. The number of amides is 1. The number of benzene rings is 1. The van der Waals surface area contributed by atoms with Gasteiger partial charge in [0.2, 0.25) is 5.91 Å². The van der Waals surface area contributed by atoms with Crippen LogP contribution in [0, 0.1) is 5.41 Å². The number of hydrogen-bond acceptors (Lipinski definition) is 4. The van der Waals surface area contributed by atoms with Gasteiger partial charge in [0.05, 0.1) is 18.0 Å². The smallest absolute Gasteiger partial charge is 0.226 e. The number of ether oxygens (including phenoxy) is 2. The Hall–Kier alpha value is -1.92. The number of halogens is 1. The van der Waals surface area contributed by atoms with Crippen molar-refractivity contribution >= 4 is 5.91 Å². The molecule has 4 saturated carbocycles. The first-order valence-corrected chi connectivity index (χ1v) is 12.4. The molecule has 1 aromatic rings. The lowest BCUT2D eigenvalue weighted by molar-refractivity contribution is -0.143. The lowest BCUT2D eigenvalue weighted by atomic mass is 9.51. The van der Waals surface area contributed by atoms with Crippen molar-refractivity contribution in [1.29, 1.82) is 0 Å². The Morgan fingerprint density at radius 2 is 1.73 bits per heavy atom. The van der Waals surface area contributed by atoms with Crippen molar-refractivity contribution in [2.24, 2.45) is 11.1 Å². The van der Waals surface area contributed by atoms with Crippen LogP contribution < -0.4 is 15.8 Å². The topological polar surface area (TPSA) is 73.6 Å². The summed E-state index contributed by atoms with van der Waals surface area (Å²) in [6.07, 6.45) is 8.61. The summed E-state index contributed by atoms with van der Waals surface area (Å²) in [5.41, 5.74) is 7.08. The highest BCUT2D eigenvalue weighted by atomic mass is 19.1. The molecule has 182 valence electrons. The Labute approximate surface area is 197 Å². The quantitative estimate of drug-likeness (QED) is 0.579. The number of rotatable bonds is 8. The molecule has 2 bridgehead atoms. The number of hydrogen-bond donors (Lipinski definition) is 2. The summed E-state index contributed by atoms with van der Waals surface area (Å²) < 4.78 is 24.3. The molecule has 1 amide bonds. The van der Waals surface area contributed by atoms with Crippen molar-refractivity contribution in [3.05, 3.63) is 41.7 Å². The minimum atomic E-state index is -0.196. The van der Waals surface area contributed by atoms with Crippen LogP contribution >= 0.6 is 0 Å². The Morgan fingerprint density at radius 1 is 1.12 bits per heavy atom. The molecule has 33 heavy (non-hydrogen) atoms. The van der Waals surface area contributed by atoms with Gasteiger partial charge in [-0.15, -0.1) is 0 Å². The zero-order chi connectivity index (χ0) is 23.7. The number of carbonyl (C=O) groups excluding carboxylic acids is 1. The predicted molar refractivity (Wildman–Crippen MR) is 128 cm³/mol. The van der Waals surface area contributed by atoms with Gasteiger partial charge in [0, 0.05) is 23.6 Å². The van der Waals surface area contributed by atoms with Gasteiger partial charge in [-0.3, -0.25) is 4.79 Å². The Bertz CT molecular complexity index is 844. The summed E-state index contributed by atoms with van der Waals surface area (Å²) in [7, 11) is 0. The van der Waals surface area contributed by atoms with Gasteiger partial charge in [-0.1, -0.05) is 12.1 Å². The molecule has 5 nitrogen and oxygen atoms in total. The third-order valence-corrected chi connectivity index (χ3v) is 7.99. The SMILES string of the molecule is CC(C)(C)O[C@H]1C[C@H](NC(=O)C23CCC(c4ccc(OC/C(=C/F)CN)cc4)(CC2)CC3)C1. The molecule has 0 atom stereocenters. The van der Waals surface area contributed by atoms with Gasteiger partial charge in [-0.2, -0.15) is 0 Å². The van der Waals surface area contributed by atoms with Gasteiger partial charge in [0.15, 0.2) is 0 Å². The molecule has 4 fully saturated rings. The highest BCUT2D eigenvalue weighted by Crippen LogP contribution is 2.58. The third-order valence-electron chi connectivity index (χ3n) is 7.99. The summed E-state index contributed by atoms with van der Waals surface area (Å²) >= 11 is 0. The molecule has 0 saturated heterocycles. The monoisotopic (exact) mass is 458 g/mol. The molecule has 6 heteroatoms. The first-order valence-electron chi connectivity index (χ1n) is 12.4. The van der Waals surface area contributed by atoms with Crippen LogP contribution in [-0.4, -0.2) is 36.8 Å². The first kappa shape index (κ1) is 24.2. The Balaban J connectivity index is 1.29. The third kappa shape index (κ3) is 5.27. The molecule has 1 aromatic carbocycles. The fourth-order valence-electron chi connectivity index (χ4n) is 5.79. The zero-order valence-electron chi connectivity index (χ0n) is 20.3. The molecule has 0 aliphatic heterocycles. The van der Waals surface area contributed by atoms with Crippen molar-refractivity contribution in [3.8, 4) is 5.75 Å². The first-order chi connectivity index (χ1) is 15.7. The van der Waals surface area contributed by atoms with Crippen molar-refractivity contribution in [3.63, 3.8) is 0 Å². The second kappa shape index (κ2) is 9.38. The zero-order valence-corrected chi connectivity index (χ0v) is 20.3. The second-order valence-electron chi connectivity index (χ2n) is 11.3. The van der Waals surface area contributed by atoms with Gasteiger partial charge < -0.3 is 20.5 Å².